The second-order valence-corrected chi connectivity index (χ2v) is 5.52. The fourth-order valence-electron chi connectivity index (χ4n) is 2.21. The van der Waals surface area contributed by atoms with Gasteiger partial charge in [-0.25, -0.2) is 0 Å². The topological polar surface area (TPSA) is 42.4 Å². The van der Waals surface area contributed by atoms with Gasteiger partial charge >= 0.3 is 0 Å². The molecule has 1 aromatic heterocycles. The fraction of sp³-hybridized carbons (Fsp3) is 0.667. The van der Waals surface area contributed by atoms with Crippen LogP contribution in [0.2, 0.25) is 0 Å². The highest BCUT2D eigenvalue weighted by molar-refractivity contribution is 9.10. The van der Waals surface area contributed by atoms with Crippen molar-refractivity contribution in [3.8, 4) is 0 Å². The Hall–Kier alpha value is -0.320. The Balaban J connectivity index is 2.02. The van der Waals surface area contributed by atoms with Gasteiger partial charge in [0, 0.05) is 12.6 Å². The van der Waals surface area contributed by atoms with Gasteiger partial charge in [-0.2, -0.15) is 0 Å². The molecular formula is C12H19BrN2O. The van der Waals surface area contributed by atoms with Crippen LogP contribution in [-0.2, 0) is 0 Å². The average Bonchev–Trinajstić information content (AvgIpc) is 2.68. The SMILES string of the molecule is CC1CCN(C(C)c2ccc(Br)o2)CC1N. The van der Waals surface area contributed by atoms with Crippen LogP contribution in [0, 0.1) is 5.92 Å². The van der Waals surface area contributed by atoms with E-state index in [0.29, 0.717) is 12.0 Å². The zero-order chi connectivity index (χ0) is 11.7. The summed E-state index contributed by atoms with van der Waals surface area (Å²) in [7, 11) is 0. The third-order valence-electron chi connectivity index (χ3n) is 3.60. The lowest BCUT2D eigenvalue weighted by Crippen LogP contribution is -2.48. The number of nitrogens with two attached hydrogens (primary N) is 1. The Morgan fingerprint density at radius 1 is 1.56 bits per heavy atom. The van der Waals surface area contributed by atoms with Gasteiger partial charge in [0.05, 0.1) is 6.04 Å². The molecule has 4 heteroatoms. The number of likely N-dealkylation sites (tertiary alicyclic amines) is 1. The molecule has 3 nitrogen and oxygen atoms in total. The molecule has 2 rings (SSSR count). The number of halogens is 1. The van der Waals surface area contributed by atoms with Crippen LogP contribution < -0.4 is 5.73 Å². The predicted molar refractivity (Wildman–Crippen MR) is 68.2 cm³/mol. The summed E-state index contributed by atoms with van der Waals surface area (Å²) in [4.78, 5) is 2.40. The Morgan fingerprint density at radius 3 is 2.88 bits per heavy atom. The van der Waals surface area contributed by atoms with Gasteiger partial charge in [0.1, 0.15) is 5.76 Å². The van der Waals surface area contributed by atoms with Crippen LogP contribution in [0.1, 0.15) is 32.1 Å². The average molecular weight is 287 g/mol. The Labute approximate surface area is 105 Å². The summed E-state index contributed by atoms with van der Waals surface area (Å²) in [5.41, 5.74) is 6.11. The Bertz CT molecular complexity index is 353. The van der Waals surface area contributed by atoms with E-state index < -0.39 is 0 Å². The van der Waals surface area contributed by atoms with Crippen LogP contribution in [0.5, 0.6) is 0 Å². The first kappa shape index (κ1) is 12.1. The van der Waals surface area contributed by atoms with E-state index in [1.54, 1.807) is 0 Å². The maximum Gasteiger partial charge on any atom is 0.169 e. The molecule has 0 aromatic carbocycles. The normalized spacial score (nSPS) is 29.2. The molecule has 0 radical (unpaired) electrons. The van der Waals surface area contributed by atoms with Crippen molar-refractivity contribution in [2.45, 2.75) is 32.4 Å². The van der Waals surface area contributed by atoms with Crippen LogP contribution >= 0.6 is 15.9 Å². The van der Waals surface area contributed by atoms with E-state index in [9.17, 15) is 0 Å². The quantitative estimate of drug-likeness (QED) is 0.909. The molecule has 0 bridgehead atoms. The lowest BCUT2D eigenvalue weighted by atomic mass is 9.93. The first-order valence-electron chi connectivity index (χ1n) is 5.83. The van der Waals surface area contributed by atoms with Crippen molar-refractivity contribution in [3.05, 3.63) is 22.6 Å². The third kappa shape index (κ3) is 2.50. The third-order valence-corrected chi connectivity index (χ3v) is 4.03. The molecule has 1 aliphatic heterocycles. The molecule has 0 amide bonds. The molecule has 90 valence electrons. The number of piperidine rings is 1. The second-order valence-electron chi connectivity index (χ2n) is 4.74. The van der Waals surface area contributed by atoms with Gasteiger partial charge in [0.2, 0.25) is 0 Å². The van der Waals surface area contributed by atoms with Gasteiger partial charge in [-0.1, -0.05) is 6.92 Å². The van der Waals surface area contributed by atoms with Crippen molar-refractivity contribution in [3.63, 3.8) is 0 Å². The maximum absolute atomic E-state index is 6.11. The minimum absolute atomic E-state index is 0.287. The molecule has 2 N–H and O–H groups in total. The second kappa shape index (κ2) is 4.90. The van der Waals surface area contributed by atoms with Crippen LogP contribution in [0.3, 0.4) is 0 Å². The molecule has 0 saturated carbocycles. The first-order valence-corrected chi connectivity index (χ1v) is 6.62. The first-order chi connectivity index (χ1) is 7.58. The number of hydrogen-bond donors (Lipinski definition) is 1. The standard InChI is InChI=1S/C12H19BrN2O/c1-8-5-6-15(7-10(8)14)9(2)11-3-4-12(13)16-11/h3-4,8-10H,5-7,14H2,1-2H3. The van der Waals surface area contributed by atoms with E-state index in [1.807, 2.05) is 12.1 Å². The lowest BCUT2D eigenvalue weighted by molar-refractivity contribution is 0.116. The highest BCUT2D eigenvalue weighted by Gasteiger charge is 2.27. The van der Waals surface area contributed by atoms with E-state index in [-0.39, 0.29) is 6.04 Å². The summed E-state index contributed by atoms with van der Waals surface area (Å²) < 4.78 is 6.39. The van der Waals surface area contributed by atoms with Gasteiger partial charge in [-0.05, 0) is 53.9 Å². The van der Waals surface area contributed by atoms with E-state index in [4.69, 9.17) is 10.2 Å². The summed E-state index contributed by atoms with van der Waals surface area (Å²) in [6, 6.07) is 4.57. The summed E-state index contributed by atoms with van der Waals surface area (Å²) in [5, 5.41) is 0. The molecule has 1 fully saturated rings. The monoisotopic (exact) mass is 286 g/mol. The Morgan fingerprint density at radius 2 is 2.31 bits per heavy atom. The largest absolute Gasteiger partial charge is 0.453 e. The van der Waals surface area contributed by atoms with Crippen molar-refractivity contribution >= 4 is 15.9 Å². The van der Waals surface area contributed by atoms with Crippen molar-refractivity contribution in [2.24, 2.45) is 11.7 Å². The maximum atomic E-state index is 6.11. The number of hydrogen-bond acceptors (Lipinski definition) is 3. The molecular weight excluding hydrogens is 268 g/mol. The highest BCUT2D eigenvalue weighted by Crippen LogP contribution is 2.28. The van der Waals surface area contributed by atoms with E-state index in [0.717, 1.165) is 23.5 Å². The van der Waals surface area contributed by atoms with Crippen LogP contribution in [0.25, 0.3) is 0 Å². The predicted octanol–water partition coefficient (Wildman–Crippen LogP) is 2.77. The minimum Gasteiger partial charge on any atom is -0.453 e. The zero-order valence-electron chi connectivity index (χ0n) is 9.82. The molecule has 16 heavy (non-hydrogen) atoms. The van der Waals surface area contributed by atoms with E-state index in [2.05, 4.69) is 34.7 Å². The van der Waals surface area contributed by atoms with Gasteiger partial charge in [-0.15, -0.1) is 0 Å². The fourth-order valence-corrected chi connectivity index (χ4v) is 2.53. The van der Waals surface area contributed by atoms with Gasteiger partial charge < -0.3 is 10.2 Å². The molecule has 0 spiro atoms. The number of rotatable bonds is 2. The van der Waals surface area contributed by atoms with Gasteiger partial charge in [0.25, 0.3) is 0 Å². The van der Waals surface area contributed by atoms with E-state index in [1.165, 1.54) is 6.42 Å². The molecule has 1 aromatic rings. The molecule has 2 heterocycles. The van der Waals surface area contributed by atoms with Crippen LogP contribution in [-0.4, -0.2) is 24.0 Å². The molecule has 1 aliphatic rings. The summed E-state index contributed by atoms with van der Waals surface area (Å²) in [6.07, 6.45) is 1.17. The molecule has 0 aliphatic carbocycles. The van der Waals surface area contributed by atoms with Gasteiger partial charge in [0.15, 0.2) is 4.67 Å². The minimum atomic E-state index is 0.287. The summed E-state index contributed by atoms with van der Waals surface area (Å²) in [6.45, 7) is 6.47. The lowest BCUT2D eigenvalue weighted by Gasteiger charge is -2.37. The molecule has 3 atom stereocenters. The van der Waals surface area contributed by atoms with Crippen LogP contribution in [0.15, 0.2) is 21.2 Å². The van der Waals surface area contributed by atoms with Crippen molar-refractivity contribution < 1.29 is 4.42 Å². The van der Waals surface area contributed by atoms with E-state index >= 15 is 0 Å². The van der Waals surface area contributed by atoms with Crippen molar-refractivity contribution in [2.75, 3.05) is 13.1 Å². The number of furan rings is 1. The Kier molecular flexibility index (Phi) is 3.72. The zero-order valence-corrected chi connectivity index (χ0v) is 11.4. The summed E-state index contributed by atoms with van der Waals surface area (Å²) in [5.74, 6) is 1.64. The highest BCUT2D eigenvalue weighted by atomic mass is 79.9. The smallest absolute Gasteiger partial charge is 0.169 e. The summed E-state index contributed by atoms with van der Waals surface area (Å²) >= 11 is 3.34. The van der Waals surface area contributed by atoms with Crippen molar-refractivity contribution in [1.29, 1.82) is 0 Å². The van der Waals surface area contributed by atoms with Crippen LogP contribution in [0.4, 0.5) is 0 Å². The number of nitrogens with zero attached hydrogens (tertiary/aromatic N) is 1. The molecule has 1 saturated heterocycles. The van der Waals surface area contributed by atoms with Gasteiger partial charge in [-0.3, -0.25) is 4.90 Å². The molecule has 3 unspecified atom stereocenters. The van der Waals surface area contributed by atoms with Crippen molar-refractivity contribution in [1.82, 2.24) is 4.90 Å².